The lowest BCUT2D eigenvalue weighted by Crippen LogP contribution is -2.30. The van der Waals surface area contributed by atoms with Gasteiger partial charge in [0.15, 0.2) is 0 Å². The number of para-hydroxylation sites is 1. The Labute approximate surface area is 135 Å². The summed E-state index contributed by atoms with van der Waals surface area (Å²) in [5.41, 5.74) is 2.59. The van der Waals surface area contributed by atoms with Crippen LogP contribution in [0.15, 0.2) is 53.0 Å². The highest BCUT2D eigenvalue weighted by atomic mass is 79.9. The molecule has 3 heteroatoms. The molecule has 112 valence electrons. The first-order valence-corrected chi connectivity index (χ1v) is 7.96. The second-order valence-electron chi connectivity index (χ2n) is 5.41. The van der Waals surface area contributed by atoms with Crippen molar-refractivity contribution in [3.8, 4) is 5.75 Å². The summed E-state index contributed by atoms with van der Waals surface area (Å²) in [6, 6.07) is 17.2. The molecule has 1 unspecified atom stereocenters. The second-order valence-corrected chi connectivity index (χ2v) is 6.32. The van der Waals surface area contributed by atoms with Crippen LogP contribution in [0.1, 0.15) is 18.1 Å². The van der Waals surface area contributed by atoms with Crippen LogP contribution in [0.4, 0.5) is 0 Å². The lowest BCUT2D eigenvalue weighted by Gasteiger charge is -2.25. The molecule has 0 spiro atoms. The fraction of sp³-hybridized carbons (Fsp3) is 0.333. The molecule has 0 saturated heterocycles. The van der Waals surface area contributed by atoms with Gasteiger partial charge in [0.2, 0.25) is 0 Å². The Morgan fingerprint density at radius 2 is 1.76 bits per heavy atom. The molecule has 1 atom stereocenters. The fourth-order valence-electron chi connectivity index (χ4n) is 2.38. The zero-order chi connectivity index (χ0) is 15.2. The zero-order valence-corrected chi connectivity index (χ0v) is 14.4. The Morgan fingerprint density at radius 3 is 2.43 bits per heavy atom. The molecule has 0 fully saturated rings. The molecule has 2 aromatic rings. The highest BCUT2D eigenvalue weighted by molar-refractivity contribution is 9.10. The van der Waals surface area contributed by atoms with Crippen molar-refractivity contribution in [1.29, 1.82) is 0 Å². The molecule has 0 saturated carbocycles. The highest BCUT2D eigenvalue weighted by Crippen LogP contribution is 2.21. The molecule has 0 radical (unpaired) electrons. The maximum atomic E-state index is 5.43. The number of likely N-dealkylation sites (N-methyl/N-ethyl adjacent to an activating group) is 1. The number of halogens is 1. The van der Waals surface area contributed by atoms with Crippen molar-refractivity contribution in [2.75, 3.05) is 14.2 Å². The van der Waals surface area contributed by atoms with Gasteiger partial charge in [0.05, 0.1) is 7.11 Å². The van der Waals surface area contributed by atoms with E-state index in [-0.39, 0.29) is 0 Å². The average molecular weight is 348 g/mol. The summed E-state index contributed by atoms with van der Waals surface area (Å²) in [4.78, 5) is 2.37. The first kappa shape index (κ1) is 16.1. The summed E-state index contributed by atoms with van der Waals surface area (Å²) >= 11 is 3.47. The number of hydrogen-bond acceptors (Lipinski definition) is 2. The molecule has 0 heterocycles. The van der Waals surface area contributed by atoms with E-state index in [2.05, 4.69) is 71.2 Å². The minimum Gasteiger partial charge on any atom is -0.496 e. The number of rotatable bonds is 6. The second kappa shape index (κ2) is 7.62. The minimum atomic E-state index is 0.449. The van der Waals surface area contributed by atoms with Crippen LogP contribution in [0.2, 0.25) is 0 Å². The Hall–Kier alpha value is -1.32. The maximum absolute atomic E-state index is 5.43. The normalized spacial score (nSPS) is 12.4. The summed E-state index contributed by atoms with van der Waals surface area (Å²) in [5, 5.41) is 0. The summed E-state index contributed by atoms with van der Waals surface area (Å²) < 4.78 is 6.55. The van der Waals surface area contributed by atoms with Gasteiger partial charge in [-0.3, -0.25) is 4.90 Å². The van der Waals surface area contributed by atoms with E-state index in [1.807, 2.05) is 12.1 Å². The van der Waals surface area contributed by atoms with Gasteiger partial charge in [0, 0.05) is 17.1 Å². The molecule has 0 amide bonds. The number of benzene rings is 2. The largest absolute Gasteiger partial charge is 0.496 e. The van der Waals surface area contributed by atoms with Crippen molar-refractivity contribution in [3.05, 3.63) is 64.1 Å². The number of methoxy groups -OCH3 is 1. The van der Waals surface area contributed by atoms with Crippen LogP contribution in [0.3, 0.4) is 0 Å². The van der Waals surface area contributed by atoms with Gasteiger partial charge in [0.25, 0.3) is 0 Å². The van der Waals surface area contributed by atoms with E-state index in [9.17, 15) is 0 Å². The lowest BCUT2D eigenvalue weighted by atomic mass is 10.0. The van der Waals surface area contributed by atoms with Gasteiger partial charge < -0.3 is 4.74 Å². The standard InChI is InChI=1S/C18H22BrNO/c1-14(12-16-6-4-5-7-18(16)21-3)20(2)13-15-8-10-17(19)11-9-15/h4-11,14H,12-13H2,1-3H3. The minimum absolute atomic E-state index is 0.449. The molecule has 21 heavy (non-hydrogen) atoms. The zero-order valence-electron chi connectivity index (χ0n) is 12.8. The van der Waals surface area contributed by atoms with Crippen molar-refractivity contribution < 1.29 is 4.74 Å². The van der Waals surface area contributed by atoms with Crippen molar-refractivity contribution in [3.63, 3.8) is 0 Å². The van der Waals surface area contributed by atoms with Crippen LogP contribution < -0.4 is 4.74 Å². The number of hydrogen-bond donors (Lipinski definition) is 0. The van der Waals surface area contributed by atoms with E-state index < -0.39 is 0 Å². The number of nitrogens with zero attached hydrogens (tertiary/aromatic N) is 1. The molecule has 2 nitrogen and oxygen atoms in total. The summed E-state index contributed by atoms with van der Waals surface area (Å²) in [7, 11) is 3.90. The first-order chi connectivity index (χ1) is 10.1. The van der Waals surface area contributed by atoms with Gasteiger partial charge in [-0.1, -0.05) is 46.3 Å². The van der Waals surface area contributed by atoms with E-state index in [0.717, 1.165) is 23.2 Å². The van der Waals surface area contributed by atoms with E-state index >= 15 is 0 Å². The fourth-order valence-corrected chi connectivity index (χ4v) is 2.64. The van der Waals surface area contributed by atoms with Crippen molar-refractivity contribution in [1.82, 2.24) is 4.90 Å². The molecule has 0 aliphatic rings. The Bertz CT molecular complexity index is 568. The van der Waals surface area contributed by atoms with Crippen molar-refractivity contribution >= 4 is 15.9 Å². The Kier molecular flexibility index (Phi) is 5.83. The number of ether oxygens (including phenoxy) is 1. The molecule has 0 bridgehead atoms. The SMILES string of the molecule is COc1ccccc1CC(C)N(C)Cc1ccc(Br)cc1. The molecular formula is C18H22BrNO. The van der Waals surface area contributed by atoms with Gasteiger partial charge in [0.1, 0.15) is 5.75 Å². The smallest absolute Gasteiger partial charge is 0.122 e. The van der Waals surface area contributed by atoms with Crippen molar-refractivity contribution in [2.45, 2.75) is 25.9 Å². The van der Waals surface area contributed by atoms with Gasteiger partial charge in [-0.25, -0.2) is 0 Å². The van der Waals surface area contributed by atoms with Gasteiger partial charge >= 0.3 is 0 Å². The predicted octanol–water partition coefficient (Wildman–Crippen LogP) is 4.52. The quantitative estimate of drug-likeness (QED) is 0.761. The molecule has 2 aromatic carbocycles. The van der Waals surface area contributed by atoms with Crippen LogP contribution >= 0.6 is 15.9 Å². The van der Waals surface area contributed by atoms with Crippen LogP contribution in [0.25, 0.3) is 0 Å². The van der Waals surface area contributed by atoms with E-state index in [4.69, 9.17) is 4.74 Å². The molecular weight excluding hydrogens is 326 g/mol. The summed E-state index contributed by atoms with van der Waals surface area (Å²) in [6.07, 6.45) is 0.983. The maximum Gasteiger partial charge on any atom is 0.122 e. The predicted molar refractivity (Wildman–Crippen MR) is 91.8 cm³/mol. The average Bonchev–Trinajstić information content (AvgIpc) is 2.50. The third-order valence-corrected chi connectivity index (χ3v) is 4.33. The van der Waals surface area contributed by atoms with Crippen LogP contribution in [0.5, 0.6) is 5.75 Å². The van der Waals surface area contributed by atoms with Crippen LogP contribution in [-0.4, -0.2) is 25.1 Å². The summed E-state index contributed by atoms with van der Waals surface area (Å²) in [6.45, 7) is 3.20. The third-order valence-electron chi connectivity index (χ3n) is 3.81. The van der Waals surface area contributed by atoms with E-state index in [0.29, 0.717) is 6.04 Å². The molecule has 0 N–H and O–H groups in total. The molecule has 2 rings (SSSR count). The van der Waals surface area contributed by atoms with Gasteiger partial charge in [-0.2, -0.15) is 0 Å². The molecule has 0 aliphatic heterocycles. The van der Waals surface area contributed by atoms with Gasteiger partial charge in [-0.15, -0.1) is 0 Å². The summed E-state index contributed by atoms with van der Waals surface area (Å²) in [5.74, 6) is 0.974. The molecule has 0 aliphatic carbocycles. The third kappa shape index (κ3) is 4.58. The Balaban J connectivity index is 1.99. The topological polar surface area (TPSA) is 12.5 Å². The first-order valence-electron chi connectivity index (χ1n) is 7.16. The Morgan fingerprint density at radius 1 is 1.10 bits per heavy atom. The monoisotopic (exact) mass is 347 g/mol. The lowest BCUT2D eigenvalue weighted by molar-refractivity contribution is 0.246. The van der Waals surface area contributed by atoms with Crippen LogP contribution in [-0.2, 0) is 13.0 Å². The van der Waals surface area contributed by atoms with Crippen LogP contribution in [0, 0.1) is 0 Å². The molecule has 0 aromatic heterocycles. The van der Waals surface area contributed by atoms with E-state index in [1.165, 1.54) is 11.1 Å². The van der Waals surface area contributed by atoms with Crippen molar-refractivity contribution in [2.24, 2.45) is 0 Å². The van der Waals surface area contributed by atoms with E-state index in [1.54, 1.807) is 7.11 Å². The highest BCUT2D eigenvalue weighted by Gasteiger charge is 2.13. The van der Waals surface area contributed by atoms with Gasteiger partial charge in [-0.05, 0) is 49.7 Å².